The molecule has 0 unspecified atom stereocenters. The van der Waals surface area contributed by atoms with Gasteiger partial charge in [-0.3, -0.25) is 4.79 Å². The summed E-state index contributed by atoms with van der Waals surface area (Å²) in [5.74, 6) is 0.858. The van der Waals surface area contributed by atoms with E-state index in [0.717, 1.165) is 17.2 Å². The van der Waals surface area contributed by atoms with Crippen LogP contribution in [0.3, 0.4) is 0 Å². The van der Waals surface area contributed by atoms with Crippen LogP contribution < -0.4 is 5.32 Å². The number of benzene rings is 1. The van der Waals surface area contributed by atoms with Crippen molar-refractivity contribution in [1.29, 1.82) is 0 Å². The first-order valence-corrected chi connectivity index (χ1v) is 11.0. The van der Waals surface area contributed by atoms with E-state index >= 15 is 0 Å². The van der Waals surface area contributed by atoms with Crippen molar-refractivity contribution in [3.8, 4) is 0 Å². The Hall–Kier alpha value is -1.65. The molecule has 1 saturated heterocycles. The number of hydrogen-bond acceptors (Lipinski definition) is 3. The number of nitrogens with one attached hydrogen (secondary N) is 1. The first-order chi connectivity index (χ1) is 13.0. The molecule has 0 atom stereocenters. The van der Waals surface area contributed by atoms with Gasteiger partial charge in [-0.2, -0.15) is 0 Å². The lowest BCUT2D eigenvalue weighted by atomic mass is 9.89. The maximum atomic E-state index is 12.1. The van der Waals surface area contributed by atoms with Crippen molar-refractivity contribution in [2.24, 2.45) is 5.92 Å². The lowest BCUT2D eigenvalue weighted by Crippen LogP contribution is -2.38. The van der Waals surface area contributed by atoms with Gasteiger partial charge in [-0.25, -0.2) is 0 Å². The molecule has 1 N–H and O–H groups in total. The molecule has 0 aliphatic carbocycles. The number of piperidine rings is 1. The van der Waals surface area contributed by atoms with Crippen LogP contribution in [0.15, 0.2) is 36.4 Å². The summed E-state index contributed by atoms with van der Waals surface area (Å²) in [6.07, 6.45) is 4.70. The molecule has 3 nitrogen and oxygen atoms in total. The monoisotopic (exact) mass is 384 g/mol. The van der Waals surface area contributed by atoms with Gasteiger partial charge in [0.1, 0.15) is 0 Å². The molecule has 27 heavy (non-hydrogen) atoms. The van der Waals surface area contributed by atoms with Crippen LogP contribution >= 0.6 is 11.3 Å². The maximum absolute atomic E-state index is 12.1. The minimum Gasteiger partial charge on any atom is -0.351 e. The number of thiophene rings is 1. The van der Waals surface area contributed by atoms with E-state index in [1.54, 1.807) is 11.3 Å². The van der Waals surface area contributed by atoms with Crippen LogP contribution in [0.5, 0.6) is 0 Å². The van der Waals surface area contributed by atoms with E-state index in [4.69, 9.17) is 0 Å². The first-order valence-electron chi connectivity index (χ1n) is 10.2. The zero-order valence-electron chi connectivity index (χ0n) is 16.8. The second-order valence-electron chi connectivity index (χ2n) is 8.01. The van der Waals surface area contributed by atoms with Crippen molar-refractivity contribution in [3.63, 3.8) is 0 Å². The largest absolute Gasteiger partial charge is 0.351 e. The zero-order chi connectivity index (χ0) is 19.2. The van der Waals surface area contributed by atoms with E-state index in [2.05, 4.69) is 48.3 Å². The van der Waals surface area contributed by atoms with Gasteiger partial charge < -0.3 is 10.2 Å². The zero-order valence-corrected chi connectivity index (χ0v) is 17.6. The summed E-state index contributed by atoms with van der Waals surface area (Å²) < 4.78 is 0. The number of likely N-dealkylation sites (tertiary alicyclic amines) is 1. The summed E-state index contributed by atoms with van der Waals surface area (Å²) in [6.45, 7) is 9.78. The van der Waals surface area contributed by atoms with E-state index in [1.807, 2.05) is 19.1 Å². The van der Waals surface area contributed by atoms with Crippen molar-refractivity contribution in [2.75, 3.05) is 19.6 Å². The summed E-state index contributed by atoms with van der Waals surface area (Å²) in [5, 5.41) is 3.02. The molecule has 1 amide bonds. The fraction of sp³-hybridized carbons (Fsp3) is 0.522. The summed E-state index contributed by atoms with van der Waals surface area (Å²) in [7, 11) is 0. The van der Waals surface area contributed by atoms with Gasteiger partial charge in [0, 0.05) is 17.5 Å². The van der Waals surface area contributed by atoms with E-state index in [9.17, 15) is 4.79 Å². The summed E-state index contributed by atoms with van der Waals surface area (Å²) in [6, 6.07) is 13.6. The summed E-state index contributed by atoms with van der Waals surface area (Å²) in [5.41, 5.74) is 2.73. The Morgan fingerprint density at radius 1 is 1.11 bits per heavy atom. The van der Waals surface area contributed by atoms with E-state index in [1.165, 1.54) is 48.4 Å². The first kappa shape index (κ1) is 20.1. The van der Waals surface area contributed by atoms with Crippen molar-refractivity contribution in [3.05, 3.63) is 57.3 Å². The van der Waals surface area contributed by atoms with Crippen molar-refractivity contribution < 1.29 is 4.79 Å². The van der Waals surface area contributed by atoms with Gasteiger partial charge in [0.05, 0.1) is 4.88 Å². The van der Waals surface area contributed by atoms with Gasteiger partial charge in [-0.05, 0) is 88.7 Å². The van der Waals surface area contributed by atoms with Gasteiger partial charge in [0.2, 0.25) is 0 Å². The highest BCUT2D eigenvalue weighted by molar-refractivity contribution is 7.13. The Balaban J connectivity index is 1.40. The van der Waals surface area contributed by atoms with Crippen LogP contribution in [-0.2, 0) is 12.8 Å². The lowest BCUT2D eigenvalue weighted by molar-refractivity contribution is 0.0958. The molecule has 146 valence electrons. The van der Waals surface area contributed by atoms with Crippen LogP contribution in [0, 0.1) is 12.8 Å². The van der Waals surface area contributed by atoms with Gasteiger partial charge in [0.15, 0.2) is 0 Å². The fourth-order valence-corrected chi connectivity index (χ4v) is 4.60. The predicted octanol–water partition coefficient (Wildman–Crippen LogP) is 4.69. The molecule has 0 saturated carbocycles. The lowest BCUT2D eigenvalue weighted by Gasteiger charge is -2.34. The molecule has 1 aliphatic heterocycles. The molecule has 0 bridgehead atoms. The molecule has 1 aliphatic rings. The predicted molar refractivity (Wildman–Crippen MR) is 115 cm³/mol. The van der Waals surface area contributed by atoms with Crippen LogP contribution in [-0.4, -0.2) is 36.5 Å². The Morgan fingerprint density at radius 2 is 1.78 bits per heavy atom. The van der Waals surface area contributed by atoms with Crippen LogP contribution in [0.4, 0.5) is 0 Å². The molecular weight excluding hydrogens is 352 g/mol. The minimum atomic E-state index is 0.0393. The molecule has 2 aromatic rings. The van der Waals surface area contributed by atoms with Crippen LogP contribution in [0.1, 0.15) is 52.4 Å². The molecule has 1 aromatic carbocycles. The average molecular weight is 385 g/mol. The molecule has 3 rings (SSSR count). The Kier molecular flexibility index (Phi) is 7.08. The third kappa shape index (κ3) is 5.91. The number of hydrogen-bond donors (Lipinski definition) is 1. The molecular formula is C23H32N2OS. The van der Waals surface area contributed by atoms with E-state index in [0.29, 0.717) is 12.6 Å². The molecule has 4 heteroatoms. The van der Waals surface area contributed by atoms with E-state index in [-0.39, 0.29) is 5.91 Å². The molecule has 2 heterocycles. The van der Waals surface area contributed by atoms with Crippen molar-refractivity contribution in [2.45, 2.75) is 52.5 Å². The number of aryl methyl sites for hydroxylation is 1. The number of carbonyl (C=O) groups excluding carboxylic acids is 1. The molecule has 1 aromatic heterocycles. The SMILES string of the molecule is Cc1ccc(C(=O)NCCc2ccc(CC3CCN(C(C)C)CC3)cc2)s1. The topological polar surface area (TPSA) is 32.3 Å². The summed E-state index contributed by atoms with van der Waals surface area (Å²) in [4.78, 5) is 16.6. The smallest absolute Gasteiger partial charge is 0.261 e. The fourth-order valence-electron chi connectivity index (χ4n) is 3.81. The second kappa shape index (κ2) is 9.52. The average Bonchev–Trinajstić information content (AvgIpc) is 3.10. The van der Waals surface area contributed by atoms with E-state index < -0.39 is 0 Å². The highest BCUT2D eigenvalue weighted by Gasteiger charge is 2.20. The number of rotatable bonds is 7. The van der Waals surface area contributed by atoms with Crippen LogP contribution in [0.25, 0.3) is 0 Å². The minimum absolute atomic E-state index is 0.0393. The number of nitrogens with zero attached hydrogens (tertiary/aromatic N) is 1. The molecule has 0 spiro atoms. The number of amides is 1. The maximum Gasteiger partial charge on any atom is 0.261 e. The summed E-state index contributed by atoms with van der Waals surface area (Å²) >= 11 is 1.55. The van der Waals surface area contributed by atoms with Gasteiger partial charge in [0.25, 0.3) is 5.91 Å². The van der Waals surface area contributed by atoms with Crippen molar-refractivity contribution in [1.82, 2.24) is 10.2 Å². The standard InChI is InChI=1S/C23H32N2OS/c1-17(2)25-14-11-21(12-15-25)16-20-7-5-19(6-8-20)10-13-24-23(26)22-9-4-18(3)27-22/h4-9,17,21H,10-16H2,1-3H3,(H,24,26). The second-order valence-corrected chi connectivity index (χ2v) is 9.30. The quantitative estimate of drug-likeness (QED) is 0.751. The molecule has 1 fully saturated rings. The van der Waals surface area contributed by atoms with Gasteiger partial charge >= 0.3 is 0 Å². The van der Waals surface area contributed by atoms with Crippen LogP contribution in [0.2, 0.25) is 0 Å². The highest BCUT2D eigenvalue weighted by Crippen LogP contribution is 2.23. The van der Waals surface area contributed by atoms with Crippen molar-refractivity contribution >= 4 is 17.2 Å². The Labute approximate surface area is 167 Å². The molecule has 0 radical (unpaired) electrons. The normalized spacial score (nSPS) is 16.0. The third-order valence-electron chi connectivity index (χ3n) is 5.59. The van der Waals surface area contributed by atoms with Gasteiger partial charge in [-0.15, -0.1) is 11.3 Å². The Bertz CT molecular complexity index is 727. The number of carbonyl (C=O) groups is 1. The van der Waals surface area contributed by atoms with Gasteiger partial charge in [-0.1, -0.05) is 24.3 Å². The highest BCUT2D eigenvalue weighted by atomic mass is 32.1. The third-order valence-corrected chi connectivity index (χ3v) is 6.59. The Morgan fingerprint density at radius 3 is 2.37 bits per heavy atom.